The molecule has 8 rings (SSSR count). The van der Waals surface area contributed by atoms with Gasteiger partial charge in [-0.15, -0.1) is 0 Å². The van der Waals surface area contributed by atoms with E-state index in [4.69, 9.17) is 14.7 Å². The van der Waals surface area contributed by atoms with Crippen LogP contribution in [0.5, 0.6) is 11.5 Å². The molecule has 0 bridgehead atoms. The van der Waals surface area contributed by atoms with Crippen molar-refractivity contribution in [3.05, 3.63) is 136 Å². The lowest BCUT2D eigenvalue weighted by molar-refractivity contribution is -0.136. The van der Waals surface area contributed by atoms with Gasteiger partial charge in [0.15, 0.2) is 6.35 Å². The zero-order valence-corrected chi connectivity index (χ0v) is 34.5. The van der Waals surface area contributed by atoms with E-state index >= 15 is 0 Å². The summed E-state index contributed by atoms with van der Waals surface area (Å²) in [5.74, 6) is -0.869. The average molecular weight is 851 g/mol. The van der Waals surface area contributed by atoms with Gasteiger partial charge in [-0.25, -0.2) is 4.98 Å². The summed E-state index contributed by atoms with van der Waals surface area (Å²) in [6.45, 7) is 0.564. The summed E-state index contributed by atoms with van der Waals surface area (Å²) in [7, 11) is 1.72. The number of benzene rings is 3. The van der Waals surface area contributed by atoms with E-state index < -0.39 is 36.0 Å². The van der Waals surface area contributed by atoms with Gasteiger partial charge in [0, 0.05) is 56.2 Å². The minimum absolute atomic E-state index is 0.0284. The lowest BCUT2D eigenvalue weighted by Crippen LogP contribution is -2.54. The van der Waals surface area contributed by atoms with Crippen LogP contribution in [0, 0.1) is 11.3 Å². The summed E-state index contributed by atoms with van der Waals surface area (Å²) in [6.07, 6.45) is 5.76. The number of imide groups is 2. The monoisotopic (exact) mass is 850 g/mol. The second kappa shape index (κ2) is 18.7. The lowest BCUT2D eigenvalue weighted by atomic mass is 9.89. The van der Waals surface area contributed by atoms with Gasteiger partial charge in [0.05, 0.1) is 16.7 Å². The average Bonchev–Trinajstić information content (AvgIpc) is 3.55. The van der Waals surface area contributed by atoms with Crippen LogP contribution >= 0.6 is 0 Å². The Hall–Kier alpha value is -7.35. The van der Waals surface area contributed by atoms with Gasteiger partial charge in [-0.2, -0.15) is 5.26 Å². The highest BCUT2D eigenvalue weighted by Gasteiger charge is 2.46. The van der Waals surface area contributed by atoms with Crippen molar-refractivity contribution in [2.24, 2.45) is 7.05 Å². The van der Waals surface area contributed by atoms with Crippen molar-refractivity contribution in [2.75, 3.05) is 23.4 Å². The van der Waals surface area contributed by atoms with Crippen molar-refractivity contribution in [3.63, 3.8) is 0 Å². The van der Waals surface area contributed by atoms with Gasteiger partial charge in [0.2, 0.25) is 17.4 Å². The Bertz CT molecular complexity index is 2600. The first kappa shape index (κ1) is 42.3. The van der Waals surface area contributed by atoms with Crippen molar-refractivity contribution < 1.29 is 33.8 Å². The Morgan fingerprint density at radius 3 is 2.32 bits per heavy atom. The number of rotatable bonds is 15. The fraction of sp³-hybridized carbons (Fsp3) is 0.298. The molecule has 1 saturated heterocycles. The zero-order valence-electron chi connectivity index (χ0n) is 34.5. The number of carbonyl (C=O) groups is 4. The molecule has 0 radical (unpaired) electrons. The normalized spacial score (nSPS) is 18.9. The molecule has 4 N–H and O–H groups in total. The maximum Gasteiger partial charge on any atom is 0.266 e. The van der Waals surface area contributed by atoms with Crippen molar-refractivity contribution in [1.29, 1.82) is 5.26 Å². The van der Waals surface area contributed by atoms with E-state index in [1.807, 2.05) is 59.5 Å². The highest BCUT2D eigenvalue weighted by Crippen LogP contribution is 2.34. The number of pyridine rings is 2. The summed E-state index contributed by atoms with van der Waals surface area (Å²) in [6, 6.07) is 28.2. The van der Waals surface area contributed by atoms with Crippen LogP contribution in [0.3, 0.4) is 0 Å². The standard InChI is InChI=1S/C47H46N8O8/c1-53-28-32(10-22-42(53)57)31-8-13-34(14-9-31)54(35-15-11-33(12-16-35)51-40-20-7-30(25-48)27-49-40)47(61)50-26-29-5-17-36(18-6-29)62-23-24-63-39-4-2-3-37-43(39)46(60)55(45(37)59)38-19-21-41(56)52-44(38)58/h2-10,13-14,17-18,20,22,27-28,33,35,38,47,50,61H,11-12,15-16,19,21,23-24,26H2,1H3,(H,49,51)(H,52,56,58). The van der Waals surface area contributed by atoms with Crippen LogP contribution in [0.2, 0.25) is 0 Å². The predicted molar refractivity (Wildman–Crippen MR) is 232 cm³/mol. The number of nitrogens with one attached hydrogen (secondary N) is 3. The van der Waals surface area contributed by atoms with E-state index in [0.717, 1.165) is 58.8 Å². The number of piperidine rings is 1. The second-order valence-electron chi connectivity index (χ2n) is 15.7. The van der Waals surface area contributed by atoms with Crippen molar-refractivity contribution in [3.8, 4) is 28.7 Å². The molecule has 2 aromatic heterocycles. The second-order valence-corrected chi connectivity index (χ2v) is 15.7. The number of hydrogen-bond donors (Lipinski definition) is 4. The minimum Gasteiger partial charge on any atom is -0.490 e. The van der Waals surface area contributed by atoms with Crippen LogP contribution < -0.4 is 35.9 Å². The molecule has 3 aliphatic rings. The third-order valence-electron chi connectivity index (χ3n) is 11.6. The third-order valence-corrected chi connectivity index (χ3v) is 11.6. The Kier molecular flexibility index (Phi) is 12.6. The number of amides is 4. The highest BCUT2D eigenvalue weighted by atomic mass is 16.5. The fourth-order valence-corrected chi connectivity index (χ4v) is 8.32. The molecule has 16 heteroatoms. The summed E-state index contributed by atoms with van der Waals surface area (Å²) in [5, 5.41) is 29.9. The third kappa shape index (κ3) is 9.44. The number of aromatic nitrogens is 2. The first-order valence-electron chi connectivity index (χ1n) is 20.8. The van der Waals surface area contributed by atoms with E-state index in [1.165, 1.54) is 6.07 Å². The van der Waals surface area contributed by atoms with E-state index in [9.17, 15) is 29.1 Å². The number of aliphatic hydroxyl groups is 1. The number of anilines is 2. The van der Waals surface area contributed by atoms with E-state index in [0.29, 0.717) is 17.9 Å². The summed E-state index contributed by atoms with van der Waals surface area (Å²) >= 11 is 0. The smallest absolute Gasteiger partial charge is 0.266 e. The van der Waals surface area contributed by atoms with Gasteiger partial charge < -0.3 is 29.4 Å². The molecule has 1 saturated carbocycles. The first-order chi connectivity index (χ1) is 30.6. The van der Waals surface area contributed by atoms with E-state index in [1.54, 1.807) is 54.3 Å². The highest BCUT2D eigenvalue weighted by molar-refractivity contribution is 6.24. The topological polar surface area (TPSA) is 208 Å². The van der Waals surface area contributed by atoms with Gasteiger partial charge in [-0.3, -0.25) is 39.5 Å². The summed E-state index contributed by atoms with van der Waals surface area (Å²) < 4.78 is 13.4. The number of carbonyl (C=O) groups excluding carboxylic acids is 4. The van der Waals surface area contributed by atoms with Gasteiger partial charge in [-0.1, -0.05) is 30.3 Å². The number of aryl methyl sites for hydroxylation is 1. The Morgan fingerprint density at radius 2 is 1.62 bits per heavy atom. The Morgan fingerprint density at radius 1 is 0.873 bits per heavy atom. The number of nitrogens with zero attached hydrogens (tertiary/aromatic N) is 5. The zero-order chi connectivity index (χ0) is 44.0. The molecule has 3 aromatic carbocycles. The minimum atomic E-state index is -1.07. The van der Waals surface area contributed by atoms with Gasteiger partial charge in [0.1, 0.15) is 42.6 Å². The Balaban J connectivity index is 0.870. The van der Waals surface area contributed by atoms with E-state index in [-0.39, 0.29) is 60.6 Å². The maximum atomic E-state index is 13.4. The number of ether oxygens (including phenoxy) is 2. The van der Waals surface area contributed by atoms with Crippen LogP contribution in [0.1, 0.15) is 70.4 Å². The van der Waals surface area contributed by atoms with Gasteiger partial charge in [-0.05, 0) is 103 Å². The van der Waals surface area contributed by atoms with Crippen LogP contribution in [0.15, 0.2) is 108 Å². The molecule has 4 heterocycles. The summed E-state index contributed by atoms with van der Waals surface area (Å²) in [4.78, 5) is 69.9. The molecule has 2 aliphatic heterocycles. The van der Waals surface area contributed by atoms with Crippen LogP contribution in [0.4, 0.5) is 11.5 Å². The van der Waals surface area contributed by atoms with Crippen LogP contribution in [0.25, 0.3) is 11.1 Å². The van der Waals surface area contributed by atoms with Crippen LogP contribution in [-0.4, -0.2) is 80.9 Å². The van der Waals surface area contributed by atoms with Crippen molar-refractivity contribution in [1.82, 2.24) is 25.1 Å². The molecular weight excluding hydrogens is 805 g/mol. The summed E-state index contributed by atoms with van der Waals surface area (Å²) in [5.41, 5.74) is 4.24. The quantitative estimate of drug-likeness (QED) is 0.0652. The van der Waals surface area contributed by atoms with Crippen molar-refractivity contribution >= 4 is 35.1 Å². The van der Waals surface area contributed by atoms with Gasteiger partial charge in [0.25, 0.3) is 11.8 Å². The number of hydrogen-bond acceptors (Lipinski definition) is 13. The SMILES string of the molecule is Cn1cc(-c2ccc(N(C3CCC(Nc4ccc(C#N)cn4)CC3)C(O)NCc3ccc(OCCOc4cccc5c4C(=O)N(C4CCC(=O)NC4=O)C5=O)cc3)cc2)ccc1=O. The molecule has 0 spiro atoms. The molecule has 2 fully saturated rings. The molecule has 4 amide bonds. The number of fused-ring (bicyclic) bond motifs is 1. The largest absolute Gasteiger partial charge is 0.490 e. The molecule has 5 aromatic rings. The fourth-order valence-electron chi connectivity index (χ4n) is 8.32. The molecule has 322 valence electrons. The van der Waals surface area contributed by atoms with Crippen molar-refractivity contribution in [2.45, 2.75) is 69.5 Å². The van der Waals surface area contributed by atoms with E-state index in [2.05, 4.69) is 27.0 Å². The molecular formula is C47H46N8O8. The van der Waals surface area contributed by atoms with Gasteiger partial charge >= 0.3 is 0 Å². The number of aliphatic hydroxyl groups excluding tert-OH is 1. The first-order valence-corrected chi connectivity index (χ1v) is 20.8. The van der Waals surface area contributed by atoms with Crippen LogP contribution in [-0.2, 0) is 23.2 Å². The molecule has 16 nitrogen and oxygen atoms in total. The molecule has 1 aliphatic carbocycles. The molecule has 2 unspecified atom stereocenters. The lowest BCUT2D eigenvalue weighted by Gasteiger charge is -2.41. The Labute approximate surface area is 363 Å². The predicted octanol–water partition coefficient (Wildman–Crippen LogP) is 4.47. The maximum absolute atomic E-state index is 13.4. The number of nitriles is 1. The molecule has 2 atom stereocenters. The molecule has 63 heavy (non-hydrogen) atoms.